The number of benzene rings is 1. The number of nitrogens with two attached hydrogens (primary N) is 1. The van der Waals surface area contributed by atoms with Gasteiger partial charge in [-0.2, -0.15) is 15.0 Å². The number of aromatic nitrogens is 3. The average molecular weight is 543 g/mol. The van der Waals surface area contributed by atoms with Crippen LogP contribution in [-0.4, -0.2) is 73.5 Å². The van der Waals surface area contributed by atoms with Gasteiger partial charge in [0.15, 0.2) is 0 Å². The normalized spacial score (nSPS) is 13.7. The Balaban J connectivity index is 1.46. The fourth-order valence-corrected chi connectivity index (χ4v) is 4.32. The summed E-state index contributed by atoms with van der Waals surface area (Å²) in [5.74, 6) is 2.23. The van der Waals surface area contributed by atoms with Crippen molar-refractivity contribution < 1.29 is 14.3 Å². The molecule has 216 valence electrons. The van der Waals surface area contributed by atoms with Crippen molar-refractivity contribution in [2.24, 2.45) is 11.7 Å². The highest BCUT2D eigenvalue weighted by atomic mass is 16.5. The molecule has 1 aliphatic carbocycles. The van der Waals surface area contributed by atoms with Crippen LogP contribution in [0.15, 0.2) is 24.3 Å². The number of amides is 1. The summed E-state index contributed by atoms with van der Waals surface area (Å²) >= 11 is 0. The SMILES string of the molecule is CCCCNc1nc(NCc2ccc(C(=O)NCCOCCOCCN)cc2)nc(NCC2CCCCC2)n1. The lowest BCUT2D eigenvalue weighted by atomic mass is 9.89. The molecule has 1 amide bonds. The van der Waals surface area contributed by atoms with Gasteiger partial charge in [-0.05, 0) is 42.9 Å². The second-order valence-corrected chi connectivity index (χ2v) is 9.79. The topological polar surface area (TPSA) is 148 Å². The molecule has 0 bridgehead atoms. The maximum absolute atomic E-state index is 12.4. The smallest absolute Gasteiger partial charge is 0.251 e. The molecule has 1 aromatic carbocycles. The van der Waals surface area contributed by atoms with Gasteiger partial charge in [0.2, 0.25) is 17.8 Å². The molecule has 0 atom stereocenters. The minimum absolute atomic E-state index is 0.133. The van der Waals surface area contributed by atoms with E-state index in [0.717, 1.165) is 31.5 Å². The minimum atomic E-state index is -0.133. The van der Waals surface area contributed by atoms with Gasteiger partial charge in [0.1, 0.15) is 0 Å². The molecular formula is C28H46N8O3. The minimum Gasteiger partial charge on any atom is -0.378 e. The highest BCUT2D eigenvalue weighted by Crippen LogP contribution is 2.24. The fraction of sp³-hybridized carbons (Fsp3) is 0.643. The van der Waals surface area contributed by atoms with Crippen molar-refractivity contribution in [2.75, 3.05) is 68.6 Å². The summed E-state index contributed by atoms with van der Waals surface area (Å²) in [5, 5.41) is 12.9. The van der Waals surface area contributed by atoms with Crippen LogP contribution in [-0.2, 0) is 16.0 Å². The highest BCUT2D eigenvalue weighted by molar-refractivity contribution is 5.94. The van der Waals surface area contributed by atoms with E-state index in [1.807, 2.05) is 24.3 Å². The van der Waals surface area contributed by atoms with Gasteiger partial charge < -0.3 is 36.5 Å². The zero-order chi connectivity index (χ0) is 27.5. The summed E-state index contributed by atoms with van der Waals surface area (Å²) in [7, 11) is 0. The lowest BCUT2D eigenvalue weighted by Gasteiger charge is -2.21. The first-order valence-corrected chi connectivity index (χ1v) is 14.4. The van der Waals surface area contributed by atoms with E-state index in [-0.39, 0.29) is 5.91 Å². The van der Waals surface area contributed by atoms with Crippen LogP contribution < -0.4 is 27.0 Å². The van der Waals surface area contributed by atoms with Crippen LogP contribution in [0, 0.1) is 5.92 Å². The molecule has 1 aliphatic rings. The van der Waals surface area contributed by atoms with Gasteiger partial charge in [0.05, 0.1) is 26.4 Å². The number of hydrogen-bond donors (Lipinski definition) is 5. The number of ether oxygens (including phenoxy) is 2. The zero-order valence-electron chi connectivity index (χ0n) is 23.3. The molecule has 0 aliphatic heterocycles. The van der Waals surface area contributed by atoms with Gasteiger partial charge in [-0.3, -0.25) is 4.79 Å². The summed E-state index contributed by atoms with van der Waals surface area (Å²) in [5.41, 5.74) is 6.98. The third-order valence-electron chi connectivity index (χ3n) is 6.56. The molecule has 0 saturated heterocycles. The molecule has 2 aromatic rings. The van der Waals surface area contributed by atoms with E-state index < -0.39 is 0 Å². The van der Waals surface area contributed by atoms with E-state index in [0.29, 0.717) is 75.4 Å². The fourth-order valence-electron chi connectivity index (χ4n) is 4.32. The van der Waals surface area contributed by atoms with Gasteiger partial charge in [-0.15, -0.1) is 0 Å². The Bertz CT molecular complexity index is 954. The van der Waals surface area contributed by atoms with Crippen LogP contribution >= 0.6 is 0 Å². The molecule has 3 rings (SSSR count). The first kappa shape index (κ1) is 30.5. The molecule has 11 nitrogen and oxygen atoms in total. The third kappa shape index (κ3) is 12.1. The second-order valence-electron chi connectivity index (χ2n) is 9.79. The Kier molecular flexibility index (Phi) is 14.3. The lowest BCUT2D eigenvalue weighted by Crippen LogP contribution is -2.27. The Morgan fingerprint density at radius 1 is 0.872 bits per heavy atom. The van der Waals surface area contributed by atoms with Gasteiger partial charge in [-0.25, -0.2) is 0 Å². The Morgan fingerprint density at radius 3 is 2.23 bits per heavy atom. The Hall–Kier alpha value is -3.02. The number of hydrogen-bond acceptors (Lipinski definition) is 10. The number of carbonyl (C=O) groups excluding carboxylic acids is 1. The van der Waals surface area contributed by atoms with Crippen molar-refractivity contribution in [3.05, 3.63) is 35.4 Å². The largest absolute Gasteiger partial charge is 0.378 e. The predicted octanol–water partition coefficient (Wildman–Crippen LogP) is 3.41. The number of carbonyl (C=O) groups is 1. The van der Waals surface area contributed by atoms with Crippen molar-refractivity contribution in [1.29, 1.82) is 0 Å². The maximum atomic E-state index is 12.4. The molecule has 1 saturated carbocycles. The van der Waals surface area contributed by atoms with Crippen LogP contribution in [0.25, 0.3) is 0 Å². The second kappa shape index (κ2) is 18.3. The van der Waals surface area contributed by atoms with Crippen LogP contribution in [0.2, 0.25) is 0 Å². The van der Waals surface area contributed by atoms with Crippen molar-refractivity contribution >= 4 is 23.8 Å². The summed E-state index contributed by atoms with van der Waals surface area (Å²) in [6, 6.07) is 7.49. The lowest BCUT2D eigenvalue weighted by molar-refractivity contribution is 0.0511. The molecule has 1 aromatic heterocycles. The Morgan fingerprint density at radius 2 is 1.54 bits per heavy atom. The number of nitrogens with one attached hydrogen (secondary N) is 4. The average Bonchev–Trinajstić information content (AvgIpc) is 2.97. The molecule has 0 radical (unpaired) electrons. The summed E-state index contributed by atoms with van der Waals surface area (Å²) in [6.07, 6.45) is 8.63. The van der Waals surface area contributed by atoms with Crippen molar-refractivity contribution in [3.8, 4) is 0 Å². The van der Waals surface area contributed by atoms with Crippen LogP contribution in [0.1, 0.15) is 67.8 Å². The maximum Gasteiger partial charge on any atom is 0.251 e. The van der Waals surface area contributed by atoms with E-state index >= 15 is 0 Å². The molecule has 39 heavy (non-hydrogen) atoms. The Labute approximate surface area is 232 Å². The van der Waals surface area contributed by atoms with Gasteiger partial charge in [-0.1, -0.05) is 44.7 Å². The van der Waals surface area contributed by atoms with E-state index in [1.54, 1.807) is 0 Å². The summed E-state index contributed by atoms with van der Waals surface area (Å²) < 4.78 is 10.7. The number of anilines is 3. The molecule has 1 heterocycles. The number of rotatable bonds is 19. The summed E-state index contributed by atoms with van der Waals surface area (Å²) in [4.78, 5) is 26.1. The first-order chi connectivity index (χ1) is 19.2. The molecular weight excluding hydrogens is 496 g/mol. The molecule has 0 unspecified atom stereocenters. The van der Waals surface area contributed by atoms with Crippen molar-refractivity contribution in [1.82, 2.24) is 20.3 Å². The first-order valence-electron chi connectivity index (χ1n) is 14.4. The predicted molar refractivity (Wildman–Crippen MR) is 155 cm³/mol. The molecule has 1 fully saturated rings. The van der Waals surface area contributed by atoms with Gasteiger partial charge >= 0.3 is 0 Å². The van der Waals surface area contributed by atoms with Crippen LogP contribution in [0.3, 0.4) is 0 Å². The molecule has 6 N–H and O–H groups in total. The highest BCUT2D eigenvalue weighted by Gasteiger charge is 2.14. The molecule has 0 spiro atoms. The van der Waals surface area contributed by atoms with Crippen LogP contribution in [0.4, 0.5) is 17.8 Å². The van der Waals surface area contributed by atoms with Gasteiger partial charge in [0.25, 0.3) is 5.91 Å². The molecule has 11 heteroatoms. The van der Waals surface area contributed by atoms with E-state index in [4.69, 9.17) is 15.2 Å². The van der Waals surface area contributed by atoms with Crippen molar-refractivity contribution in [2.45, 2.75) is 58.4 Å². The summed E-state index contributed by atoms with van der Waals surface area (Å²) in [6.45, 7) is 7.26. The third-order valence-corrected chi connectivity index (χ3v) is 6.56. The monoisotopic (exact) mass is 542 g/mol. The van der Waals surface area contributed by atoms with E-state index in [1.165, 1.54) is 32.1 Å². The number of nitrogens with zero attached hydrogens (tertiary/aromatic N) is 3. The quantitative estimate of drug-likeness (QED) is 0.167. The van der Waals surface area contributed by atoms with Crippen LogP contribution in [0.5, 0.6) is 0 Å². The van der Waals surface area contributed by atoms with Crippen molar-refractivity contribution in [3.63, 3.8) is 0 Å². The van der Waals surface area contributed by atoms with E-state index in [9.17, 15) is 4.79 Å². The van der Waals surface area contributed by atoms with E-state index in [2.05, 4.69) is 43.1 Å². The standard InChI is InChI=1S/C28H46N8O3/c1-2-3-14-31-26-34-27(32-20-22-7-5-4-6-8-22)36-28(35-26)33-21-23-9-11-24(12-10-23)25(37)30-15-17-39-19-18-38-16-13-29/h9-12,22H,2-8,13-21,29H2,1H3,(H,30,37)(H3,31,32,33,34,35,36). The van der Waals surface area contributed by atoms with Gasteiger partial charge in [0, 0.05) is 38.3 Å². The number of unbranched alkanes of at least 4 members (excludes halogenated alkanes) is 1. The zero-order valence-corrected chi connectivity index (χ0v) is 23.3.